The van der Waals surface area contributed by atoms with Crippen molar-refractivity contribution in [2.24, 2.45) is 11.8 Å². The van der Waals surface area contributed by atoms with Crippen molar-refractivity contribution in [2.75, 3.05) is 0 Å². The third-order valence-corrected chi connectivity index (χ3v) is 3.10. The topological polar surface area (TPSA) is 0 Å². The molecule has 1 atom stereocenters. The van der Waals surface area contributed by atoms with Gasteiger partial charge in [-0.25, -0.2) is 0 Å². The van der Waals surface area contributed by atoms with Crippen molar-refractivity contribution in [3.8, 4) is 0 Å². The van der Waals surface area contributed by atoms with E-state index in [1.165, 1.54) is 51.4 Å². The zero-order chi connectivity index (χ0) is 12.8. The van der Waals surface area contributed by atoms with Gasteiger partial charge in [-0.3, -0.25) is 0 Å². The molecule has 1 saturated carbocycles. The molecule has 0 heterocycles. The molecule has 0 heteroatoms. The van der Waals surface area contributed by atoms with E-state index in [2.05, 4.69) is 41.5 Å². The van der Waals surface area contributed by atoms with Crippen LogP contribution < -0.4 is 0 Å². The lowest BCUT2D eigenvalue weighted by atomic mass is 9.80. The highest BCUT2D eigenvalue weighted by molar-refractivity contribution is 4.69. The lowest BCUT2D eigenvalue weighted by Gasteiger charge is -2.26. The number of rotatable bonds is 2. The van der Waals surface area contributed by atoms with Gasteiger partial charge >= 0.3 is 0 Å². The number of hydrogen-bond donors (Lipinski definition) is 0. The molecule has 1 aliphatic carbocycles. The van der Waals surface area contributed by atoms with Gasteiger partial charge in [0.2, 0.25) is 0 Å². The molecule has 0 spiro atoms. The van der Waals surface area contributed by atoms with Gasteiger partial charge < -0.3 is 0 Å². The van der Waals surface area contributed by atoms with Crippen LogP contribution in [0.4, 0.5) is 0 Å². The molecule has 1 fully saturated rings. The Bertz CT molecular complexity index is 98.6. The first-order chi connectivity index (χ1) is 7.67. The summed E-state index contributed by atoms with van der Waals surface area (Å²) in [5.74, 6) is 2.05. The van der Waals surface area contributed by atoms with E-state index in [0.717, 1.165) is 11.8 Å². The van der Waals surface area contributed by atoms with E-state index in [9.17, 15) is 0 Å². The Hall–Kier alpha value is 0. The van der Waals surface area contributed by atoms with Crippen molar-refractivity contribution in [1.82, 2.24) is 0 Å². The molecule has 0 aromatic carbocycles. The van der Waals surface area contributed by atoms with Crippen LogP contribution in [-0.2, 0) is 0 Å². The van der Waals surface area contributed by atoms with E-state index in [-0.39, 0.29) is 0 Å². The van der Waals surface area contributed by atoms with Crippen LogP contribution in [0.5, 0.6) is 0 Å². The lowest BCUT2D eigenvalue weighted by Crippen LogP contribution is -2.14. The summed E-state index contributed by atoms with van der Waals surface area (Å²) in [5.41, 5.74) is 0. The normalized spacial score (nSPS) is 17.6. The fourth-order valence-corrected chi connectivity index (χ4v) is 2.04. The predicted octanol–water partition coefficient (Wildman–Crippen LogP) is 6.45. The Morgan fingerprint density at radius 3 is 1.50 bits per heavy atom. The molecule has 1 aliphatic rings. The number of hydrogen-bond acceptors (Lipinski definition) is 0. The van der Waals surface area contributed by atoms with Gasteiger partial charge in [-0.2, -0.15) is 0 Å². The highest BCUT2D eigenvalue weighted by Gasteiger charge is 2.17. The fraction of sp³-hybridized carbons (Fsp3) is 1.00. The summed E-state index contributed by atoms with van der Waals surface area (Å²) >= 11 is 0. The Kier molecular flexibility index (Phi) is 17.2. The molecule has 0 amide bonds. The van der Waals surface area contributed by atoms with Crippen molar-refractivity contribution < 1.29 is 0 Å². The molecule has 0 aromatic rings. The first-order valence-corrected chi connectivity index (χ1v) is 7.67. The quantitative estimate of drug-likeness (QED) is 0.510. The SMILES string of the molecule is CCC.CCC.CCC(C)C1CCCCC1. The van der Waals surface area contributed by atoms with Crippen LogP contribution in [0.3, 0.4) is 0 Å². The molecule has 0 saturated heterocycles. The van der Waals surface area contributed by atoms with Crippen molar-refractivity contribution >= 4 is 0 Å². The molecule has 0 bridgehead atoms. The van der Waals surface area contributed by atoms with Crippen LogP contribution in [-0.4, -0.2) is 0 Å². The first kappa shape index (κ1) is 18.4. The Labute approximate surface area is 105 Å². The molecule has 0 radical (unpaired) electrons. The van der Waals surface area contributed by atoms with Crippen LogP contribution in [0.2, 0.25) is 0 Å². The molecule has 0 aromatic heterocycles. The average molecular weight is 228 g/mol. The van der Waals surface area contributed by atoms with E-state index >= 15 is 0 Å². The molecule has 0 aliphatic heterocycles. The molecule has 1 unspecified atom stereocenters. The van der Waals surface area contributed by atoms with E-state index in [4.69, 9.17) is 0 Å². The van der Waals surface area contributed by atoms with E-state index < -0.39 is 0 Å². The minimum absolute atomic E-state index is 0.986. The van der Waals surface area contributed by atoms with Crippen LogP contribution in [0.25, 0.3) is 0 Å². The maximum absolute atomic E-state index is 2.41. The summed E-state index contributed by atoms with van der Waals surface area (Å²) in [5, 5.41) is 0. The highest BCUT2D eigenvalue weighted by atomic mass is 14.2. The smallest absolute Gasteiger partial charge is 0.0389 e. The summed E-state index contributed by atoms with van der Waals surface area (Å²) < 4.78 is 0. The van der Waals surface area contributed by atoms with Gasteiger partial charge in [0, 0.05) is 0 Å². The molecule has 0 N–H and O–H groups in total. The third-order valence-electron chi connectivity index (χ3n) is 3.10. The minimum atomic E-state index is 0.986. The maximum Gasteiger partial charge on any atom is -0.0389 e. The first-order valence-electron chi connectivity index (χ1n) is 7.67. The van der Waals surface area contributed by atoms with E-state index in [0.29, 0.717) is 0 Å². The van der Waals surface area contributed by atoms with Crippen LogP contribution in [0.1, 0.15) is 92.9 Å². The Balaban J connectivity index is 0. The Morgan fingerprint density at radius 2 is 1.19 bits per heavy atom. The lowest BCUT2D eigenvalue weighted by molar-refractivity contribution is 0.258. The highest BCUT2D eigenvalue weighted by Crippen LogP contribution is 2.30. The molecule has 1 rings (SSSR count). The summed E-state index contributed by atoms with van der Waals surface area (Å²) in [6.07, 6.45) is 11.4. The van der Waals surface area contributed by atoms with Crippen LogP contribution >= 0.6 is 0 Å². The second-order valence-electron chi connectivity index (χ2n) is 5.20. The van der Waals surface area contributed by atoms with Crippen LogP contribution in [0.15, 0.2) is 0 Å². The molecular weight excluding hydrogens is 192 g/mol. The van der Waals surface area contributed by atoms with Crippen LogP contribution in [0, 0.1) is 11.8 Å². The van der Waals surface area contributed by atoms with Crippen molar-refractivity contribution in [1.29, 1.82) is 0 Å². The van der Waals surface area contributed by atoms with Gasteiger partial charge in [0.15, 0.2) is 0 Å². The Morgan fingerprint density at radius 1 is 0.812 bits per heavy atom. The fourth-order valence-electron chi connectivity index (χ4n) is 2.04. The summed E-state index contributed by atoms with van der Waals surface area (Å²) in [6.45, 7) is 13.2. The van der Waals surface area contributed by atoms with Gasteiger partial charge in [-0.05, 0) is 11.8 Å². The van der Waals surface area contributed by atoms with Gasteiger partial charge in [-0.15, -0.1) is 0 Å². The minimum Gasteiger partial charge on any atom is -0.0656 e. The maximum atomic E-state index is 2.41. The molecule has 16 heavy (non-hydrogen) atoms. The summed E-state index contributed by atoms with van der Waals surface area (Å²) in [6, 6.07) is 0. The second-order valence-corrected chi connectivity index (χ2v) is 5.20. The van der Waals surface area contributed by atoms with Gasteiger partial charge in [0.1, 0.15) is 0 Å². The average Bonchev–Trinajstić information content (AvgIpc) is 2.31. The van der Waals surface area contributed by atoms with Gasteiger partial charge in [-0.1, -0.05) is 92.9 Å². The van der Waals surface area contributed by atoms with Gasteiger partial charge in [0.05, 0.1) is 0 Å². The van der Waals surface area contributed by atoms with E-state index in [1.54, 1.807) is 0 Å². The van der Waals surface area contributed by atoms with Crippen molar-refractivity contribution in [3.05, 3.63) is 0 Å². The second kappa shape index (κ2) is 15.0. The van der Waals surface area contributed by atoms with Gasteiger partial charge in [0.25, 0.3) is 0 Å². The van der Waals surface area contributed by atoms with Crippen molar-refractivity contribution in [2.45, 2.75) is 92.9 Å². The standard InChI is InChI=1S/C10H20.2C3H8/c1-3-9(2)10-7-5-4-6-8-10;2*1-3-2/h9-10H,3-8H2,1-2H3;2*3H2,1-2H3. The molecular formula is C16H36. The molecule has 100 valence electrons. The third kappa shape index (κ3) is 12.1. The predicted molar refractivity (Wildman–Crippen MR) is 78.0 cm³/mol. The summed E-state index contributed by atoms with van der Waals surface area (Å²) in [4.78, 5) is 0. The van der Waals surface area contributed by atoms with Crippen molar-refractivity contribution in [3.63, 3.8) is 0 Å². The molecule has 0 nitrogen and oxygen atoms in total. The zero-order valence-electron chi connectivity index (χ0n) is 12.8. The monoisotopic (exact) mass is 228 g/mol. The zero-order valence-corrected chi connectivity index (χ0v) is 12.8. The summed E-state index contributed by atoms with van der Waals surface area (Å²) in [7, 11) is 0. The largest absolute Gasteiger partial charge is 0.0656 e. The van der Waals surface area contributed by atoms with E-state index in [1.807, 2.05) is 0 Å².